The van der Waals surface area contributed by atoms with Crippen LogP contribution in [0.4, 0.5) is 0 Å². The average Bonchev–Trinajstić information content (AvgIpc) is 3.65. The van der Waals surface area contributed by atoms with Crippen LogP contribution in [0.15, 0.2) is 53.2 Å². The zero-order valence-corrected chi connectivity index (χ0v) is 21.6. The summed E-state index contributed by atoms with van der Waals surface area (Å²) in [7, 11) is 0. The van der Waals surface area contributed by atoms with E-state index in [1.165, 1.54) is 16.2 Å². The van der Waals surface area contributed by atoms with Crippen molar-refractivity contribution in [3.63, 3.8) is 0 Å². The maximum Gasteiger partial charge on any atom is 0.264 e. The molecule has 2 aromatic heterocycles. The maximum atomic E-state index is 13.7. The van der Waals surface area contributed by atoms with Crippen LogP contribution >= 0.6 is 34.3 Å². The molecule has 1 aromatic carbocycles. The summed E-state index contributed by atoms with van der Waals surface area (Å²) in [6.45, 7) is 2.08. The summed E-state index contributed by atoms with van der Waals surface area (Å²) in [4.78, 5) is 32.4. The molecule has 5 rings (SSSR count). The number of benzene rings is 1. The van der Waals surface area contributed by atoms with Crippen LogP contribution < -0.4 is 4.74 Å². The largest absolute Gasteiger partial charge is 0.491 e. The van der Waals surface area contributed by atoms with Crippen LogP contribution in [0.1, 0.15) is 39.0 Å². The Labute approximate surface area is 218 Å². The molecule has 4 heterocycles. The summed E-state index contributed by atoms with van der Waals surface area (Å²) < 4.78 is 11.9. The Morgan fingerprint density at radius 3 is 2.74 bits per heavy atom. The van der Waals surface area contributed by atoms with E-state index in [2.05, 4.69) is 11.4 Å². The lowest BCUT2D eigenvalue weighted by Gasteiger charge is -2.37. The number of amides is 2. The molecule has 9 heteroatoms. The summed E-state index contributed by atoms with van der Waals surface area (Å²) in [6, 6.07) is 12.8. The number of hydrogen-bond acceptors (Lipinski definition) is 6. The molecular weight excluding hydrogens is 504 g/mol. The van der Waals surface area contributed by atoms with Gasteiger partial charge in [0.25, 0.3) is 5.91 Å². The second-order valence-electron chi connectivity index (χ2n) is 8.71. The van der Waals surface area contributed by atoms with Crippen LogP contribution in [0.25, 0.3) is 0 Å². The molecule has 2 aliphatic heterocycles. The lowest BCUT2D eigenvalue weighted by molar-refractivity contribution is -0.135. The van der Waals surface area contributed by atoms with E-state index in [-0.39, 0.29) is 30.5 Å². The molecule has 0 radical (unpaired) electrons. The maximum absolute atomic E-state index is 13.7. The minimum absolute atomic E-state index is 0.0213. The Hall–Kier alpha value is -2.39. The number of carbonyl (C=O) groups is 2. The second-order valence-corrected chi connectivity index (χ2v) is 11.1. The van der Waals surface area contributed by atoms with Crippen molar-refractivity contribution < 1.29 is 19.1 Å². The van der Waals surface area contributed by atoms with Gasteiger partial charge in [0.05, 0.1) is 17.0 Å². The molecule has 35 heavy (non-hydrogen) atoms. The molecule has 0 aliphatic carbocycles. The third-order valence-corrected chi connectivity index (χ3v) is 8.54. The Kier molecular flexibility index (Phi) is 7.72. The van der Waals surface area contributed by atoms with E-state index >= 15 is 0 Å². The average molecular weight is 531 g/mol. The van der Waals surface area contributed by atoms with E-state index in [0.717, 1.165) is 24.8 Å². The van der Waals surface area contributed by atoms with Gasteiger partial charge in [-0.15, -0.1) is 22.7 Å². The first-order valence-electron chi connectivity index (χ1n) is 11.8. The fourth-order valence-corrected chi connectivity index (χ4v) is 6.39. The van der Waals surface area contributed by atoms with Gasteiger partial charge >= 0.3 is 0 Å². The quantitative estimate of drug-likeness (QED) is 0.397. The van der Waals surface area contributed by atoms with Crippen LogP contribution in [0, 0.1) is 0 Å². The van der Waals surface area contributed by atoms with Gasteiger partial charge < -0.3 is 19.3 Å². The number of rotatable bonds is 8. The minimum Gasteiger partial charge on any atom is -0.491 e. The zero-order chi connectivity index (χ0) is 24.2. The highest BCUT2D eigenvalue weighted by molar-refractivity contribution is 7.12. The highest BCUT2D eigenvalue weighted by Crippen LogP contribution is 2.34. The number of carbonyl (C=O) groups excluding carboxylic acids is 2. The molecule has 0 bridgehead atoms. The smallest absolute Gasteiger partial charge is 0.264 e. The number of hydrogen-bond donors (Lipinski definition) is 0. The van der Waals surface area contributed by atoms with Gasteiger partial charge in [0.1, 0.15) is 18.9 Å². The molecule has 2 amide bonds. The monoisotopic (exact) mass is 530 g/mol. The summed E-state index contributed by atoms with van der Waals surface area (Å²) in [5, 5.41) is 4.60. The molecule has 2 atom stereocenters. The summed E-state index contributed by atoms with van der Waals surface area (Å²) in [5.74, 6) is 0.512. The van der Waals surface area contributed by atoms with Crippen molar-refractivity contribution in [2.45, 2.75) is 31.4 Å². The van der Waals surface area contributed by atoms with E-state index in [0.29, 0.717) is 42.0 Å². The van der Waals surface area contributed by atoms with Gasteiger partial charge in [0.15, 0.2) is 0 Å². The van der Waals surface area contributed by atoms with Crippen LogP contribution in [-0.2, 0) is 16.0 Å². The molecule has 6 nitrogen and oxygen atoms in total. The summed E-state index contributed by atoms with van der Waals surface area (Å²) in [6.07, 6.45) is 2.67. The van der Waals surface area contributed by atoms with Crippen molar-refractivity contribution in [1.82, 2.24) is 9.80 Å². The molecule has 0 unspecified atom stereocenters. The summed E-state index contributed by atoms with van der Waals surface area (Å²) in [5.41, 5.74) is 1.12. The molecule has 0 N–H and O–H groups in total. The van der Waals surface area contributed by atoms with Crippen molar-refractivity contribution in [2.24, 2.45) is 0 Å². The molecular formula is C26H27ClN2O4S2. The Bertz CT molecular complexity index is 1140. The molecule has 3 aromatic rings. The highest BCUT2D eigenvalue weighted by atomic mass is 35.5. The van der Waals surface area contributed by atoms with Crippen LogP contribution in [0.2, 0.25) is 5.02 Å². The first kappa shape index (κ1) is 24.3. The fraction of sp³-hybridized carbons (Fsp3) is 0.385. The number of halogens is 1. The van der Waals surface area contributed by atoms with Crippen molar-refractivity contribution in [3.05, 3.63) is 73.6 Å². The van der Waals surface area contributed by atoms with Crippen molar-refractivity contribution in [3.8, 4) is 5.75 Å². The Balaban J connectivity index is 1.33. The molecule has 1 saturated heterocycles. The van der Waals surface area contributed by atoms with Crippen LogP contribution in [0.5, 0.6) is 5.75 Å². The third kappa shape index (κ3) is 5.72. The lowest BCUT2D eigenvalue weighted by atomic mass is 10.0. The predicted octanol–water partition coefficient (Wildman–Crippen LogP) is 5.29. The number of nitrogens with zero attached hydrogens (tertiary/aromatic N) is 2. The normalized spacial score (nSPS) is 19.4. The third-order valence-electron chi connectivity index (χ3n) is 6.43. The lowest BCUT2D eigenvalue weighted by Crippen LogP contribution is -2.49. The minimum atomic E-state index is -0.213. The number of ether oxygens (including phenoxy) is 2. The molecule has 1 fully saturated rings. The molecule has 184 valence electrons. The van der Waals surface area contributed by atoms with E-state index in [1.807, 2.05) is 28.5 Å². The fourth-order valence-electron chi connectivity index (χ4n) is 4.64. The van der Waals surface area contributed by atoms with E-state index < -0.39 is 0 Å². The van der Waals surface area contributed by atoms with Crippen molar-refractivity contribution >= 4 is 46.1 Å². The molecule has 0 spiro atoms. The number of fused-ring (bicyclic) bond motifs is 1. The van der Waals surface area contributed by atoms with Gasteiger partial charge in [-0.05, 0) is 72.0 Å². The standard InChI is InChI=1S/C26H27ClN2O4S2/c27-18-5-7-19(8-6-18)33-17-22-21-10-14-35-23(21)9-11-29(22)25(30)16-28(15-20-3-1-12-32-20)26(31)24-4-2-13-34-24/h2,4-8,10,13-14,20,22H,1,3,9,11-12,15-17H2/t20-,22-/m1/s1. The Morgan fingerprint density at radius 2 is 2.00 bits per heavy atom. The van der Waals surface area contributed by atoms with Gasteiger partial charge in [0, 0.05) is 29.6 Å². The van der Waals surface area contributed by atoms with Crippen LogP contribution in [-0.4, -0.2) is 60.6 Å². The predicted molar refractivity (Wildman–Crippen MR) is 139 cm³/mol. The van der Waals surface area contributed by atoms with Crippen molar-refractivity contribution in [2.75, 3.05) is 32.8 Å². The Morgan fingerprint density at radius 1 is 1.14 bits per heavy atom. The van der Waals surface area contributed by atoms with Crippen molar-refractivity contribution in [1.29, 1.82) is 0 Å². The number of thiophene rings is 2. The van der Waals surface area contributed by atoms with E-state index in [9.17, 15) is 9.59 Å². The van der Waals surface area contributed by atoms with Crippen LogP contribution in [0.3, 0.4) is 0 Å². The topological polar surface area (TPSA) is 59.1 Å². The van der Waals surface area contributed by atoms with E-state index in [1.54, 1.807) is 34.4 Å². The highest BCUT2D eigenvalue weighted by Gasteiger charge is 2.34. The summed E-state index contributed by atoms with van der Waals surface area (Å²) >= 11 is 9.11. The van der Waals surface area contributed by atoms with Gasteiger partial charge in [-0.2, -0.15) is 0 Å². The van der Waals surface area contributed by atoms with Gasteiger partial charge in [0.2, 0.25) is 5.91 Å². The molecule has 2 aliphatic rings. The molecule has 0 saturated carbocycles. The van der Waals surface area contributed by atoms with Gasteiger partial charge in [-0.1, -0.05) is 17.7 Å². The van der Waals surface area contributed by atoms with Gasteiger partial charge in [-0.3, -0.25) is 9.59 Å². The van der Waals surface area contributed by atoms with Gasteiger partial charge in [-0.25, -0.2) is 0 Å². The zero-order valence-electron chi connectivity index (χ0n) is 19.2. The first-order chi connectivity index (χ1) is 17.1. The van der Waals surface area contributed by atoms with E-state index in [4.69, 9.17) is 21.1 Å². The SMILES string of the molecule is O=C(c1cccs1)N(CC(=O)N1CCc2sccc2[C@H]1COc1ccc(Cl)cc1)C[C@H]1CCCO1. The second kappa shape index (κ2) is 11.1. The first-order valence-corrected chi connectivity index (χ1v) is 13.9.